The van der Waals surface area contributed by atoms with E-state index in [1.54, 1.807) is 25.2 Å². The van der Waals surface area contributed by atoms with Gasteiger partial charge in [0.2, 0.25) is 0 Å². The van der Waals surface area contributed by atoms with Gasteiger partial charge in [-0.15, -0.1) is 0 Å². The molecule has 2 aliphatic rings. The van der Waals surface area contributed by atoms with Gasteiger partial charge in [0.05, 0.1) is 24.4 Å². The third kappa shape index (κ3) is 5.16. The van der Waals surface area contributed by atoms with Crippen LogP contribution in [0, 0.1) is 5.92 Å². The highest BCUT2D eigenvalue weighted by atomic mass is 16.5. The molecule has 1 unspecified atom stereocenters. The highest BCUT2D eigenvalue weighted by Crippen LogP contribution is 2.37. The highest BCUT2D eigenvalue weighted by Gasteiger charge is 2.27. The summed E-state index contributed by atoms with van der Waals surface area (Å²) in [5, 5.41) is 3.60. The van der Waals surface area contributed by atoms with Crippen molar-refractivity contribution in [3.8, 4) is 0 Å². The van der Waals surface area contributed by atoms with Gasteiger partial charge < -0.3 is 20.7 Å². The molecule has 0 aromatic heterocycles. The summed E-state index contributed by atoms with van der Waals surface area (Å²) >= 11 is 0. The van der Waals surface area contributed by atoms with Gasteiger partial charge in [-0.1, -0.05) is 36.4 Å². The zero-order chi connectivity index (χ0) is 22.5. The van der Waals surface area contributed by atoms with Gasteiger partial charge in [-0.3, -0.25) is 4.79 Å². The molecule has 1 saturated carbocycles. The Morgan fingerprint density at radius 3 is 2.47 bits per heavy atom. The van der Waals surface area contributed by atoms with Crippen molar-refractivity contribution in [2.45, 2.75) is 57.3 Å². The number of nitrogens with two attached hydrogens (primary N) is 1. The van der Waals surface area contributed by atoms with E-state index in [-0.39, 0.29) is 5.91 Å². The van der Waals surface area contributed by atoms with Crippen LogP contribution in [0.4, 0.5) is 0 Å². The summed E-state index contributed by atoms with van der Waals surface area (Å²) in [6, 6.07) is 16.7. The SMILES string of the molecule is CN(C)C(=O)c1ccc(COC2CCC(CCC3N/C(=C\N)c4ccccc43)CC2)cc1. The molecule has 0 saturated heterocycles. The fourth-order valence-electron chi connectivity index (χ4n) is 4.96. The number of amides is 1. The van der Waals surface area contributed by atoms with Gasteiger partial charge in [-0.25, -0.2) is 0 Å². The predicted molar refractivity (Wildman–Crippen MR) is 129 cm³/mol. The Hall–Kier alpha value is -2.79. The van der Waals surface area contributed by atoms with E-state index in [0.29, 0.717) is 24.3 Å². The van der Waals surface area contributed by atoms with Crippen LogP contribution in [0.2, 0.25) is 0 Å². The second-order valence-corrected chi connectivity index (χ2v) is 9.29. The summed E-state index contributed by atoms with van der Waals surface area (Å²) < 4.78 is 6.19. The molecule has 3 N–H and O–H groups in total. The average molecular weight is 434 g/mol. The van der Waals surface area contributed by atoms with Crippen LogP contribution in [-0.2, 0) is 11.3 Å². The molecule has 170 valence electrons. The number of hydrogen-bond acceptors (Lipinski definition) is 4. The number of carbonyl (C=O) groups is 1. The van der Waals surface area contributed by atoms with Gasteiger partial charge in [0.1, 0.15) is 0 Å². The number of hydrogen-bond donors (Lipinski definition) is 2. The Kier molecular flexibility index (Phi) is 7.15. The van der Waals surface area contributed by atoms with Crippen molar-refractivity contribution < 1.29 is 9.53 Å². The molecule has 1 aliphatic heterocycles. The molecule has 1 amide bonds. The van der Waals surface area contributed by atoms with Crippen LogP contribution < -0.4 is 11.1 Å². The molecule has 1 aliphatic carbocycles. The van der Waals surface area contributed by atoms with E-state index in [0.717, 1.165) is 36.4 Å². The standard InChI is InChI=1S/C27H35N3O2/c1-30(2)27(31)21-12-7-20(8-13-21)18-32-22-14-9-19(10-15-22)11-16-25-23-5-3-4-6-24(23)26(17-28)29-25/h3-8,12-13,17,19,22,25,29H,9-11,14-16,18,28H2,1-2H3/b26-17-. The first-order valence-corrected chi connectivity index (χ1v) is 11.7. The third-order valence-electron chi connectivity index (χ3n) is 6.87. The quantitative estimate of drug-likeness (QED) is 0.655. The molecule has 1 fully saturated rings. The fourth-order valence-corrected chi connectivity index (χ4v) is 4.96. The van der Waals surface area contributed by atoms with Gasteiger partial charge in [-0.05, 0) is 67.7 Å². The lowest BCUT2D eigenvalue weighted by molar-refractivity contribution is 0.00601. The molecule has 5 nitrogen and oxygen atoms in total. The lowest BCUT2D eigenvalue weighted by Gasteiger charge is -2.29. The topological polar surface area (TPSA) is 67.6 Å². The molecular weight excluding hydrogens is 398 g/mol. The van der Waals surface area contributed by atoms with E-state index in [2.05, 4.69) is 29.6 Å². The molecule has 0 radical (unpaired) electrons. The highest BCUT2D eigenvalue weighted by molar-refractivity contribution is 5.93. The van der Waals surface area contributed by atoms with Crippen LogP contribution in [0.25, 0.3) is 5.70 Å². The van der Waals surface area contributed by atoms with Crippen molar-refractivity contribution in [1.29, 1.82) is 0 Å². The minimum absolute atomic E-state index is 0.0300. The van der Waals surface area contributed by atoms with Gasteiger partial charge in [-0.2, -0.15) is 0 Å². The van der Waals surface area contributed by atoms with Gasteiger partial charge >= 0.3 is 0 Å². The smallest absolute Gasteiger partial charge is 0.253 e. The minimum Gasteiger partial charge on any atom is -0.403 e. The number of nitrogens with one attached hydrogen (secondary N) is 1. The van der Waals surface area contributed by atoms with Crippen molar-refractivity contribution in [3.63, 3.8) is 0 Å². The summed E-state index contributed by atoms with van der Waals surface area (Å²) in [5.41, 5.74) is 11.3. The number of fused-ring (bicyclic) bond motifs is 1. The van der Waals surface area contributed by atoms with Crippen LogP contribution in [0.5, 0.6) is 0 Å². The normalized spacial score (nSPS) is 23.6. The van der Waals surface area contributed by atoms with Crippen molar-refractivity contribution in [2.24, 2.45) is 11.7 Å². The van der Waals surface area contributed by atoms with Gasteiger partial charge in [0, 0.05) is 31.4 Å². The Morgan fingerprint density at radius 1 is 1.06 bits per heavy atom. The Bertz CT molecular complexity index is 944. The first-order valence-electron chi connectivity index (χ1n) is 11.7. The second kappa shape index (κ2) is 10.2. The number of carbonyl (C=O) groups excluding carboxylic acids is 1. The maximum Gasteiger partial charge on any atom is 0.253 e. The van der Waals surface area contributed by atoms with Crippen LogP contribution in [0.3, 0.4) is 0 Å². The first kappa shape index (κ1) is 22.4. The van der Waals surface area contributed by atoms with Gasteiger partial charge in [0.25, 0.3) is 5.91 Å². The Morgan fingerprint density at radius 2 is 1.78 bits per heavy atom. The van der Waals surface area contributed by atoms with Crippen LogP contribution in [-0.4, -0.2) is 31.0 Å². The van der Waals surface area contributed by atoms with Crippen LogP contribution in [0.1, 0.15) is 71.6 Å². The molecular formula is C27H35N3O2. The van der Waals surface area contributed by atoms with E-state index in [9.17, 15) is 4.79 Å². The zero-order valence-corrected chi connectivity index (χ0v) is 19.2. The third-order valence-corrected chi connectivity index (χ3v) is 6.87. The molecule has 0 bridgehead atoms. The lowest BCUT2D eigenvalue weighted by Crippen LogP contribution is -2.23. The van der Waals surface area contributed by atoms with Crippen molar-refractivity contribution >= 4 is 11.6 Å². The Balaban J connectivity index is 1.19. The number of rotatable bonds is 7. The first-order chi connectivity index (χ1) is 15.5. The molecule has 0 spiro atoms. The van der Waals surface area contributed by atoms with Crippen molar-refractivity contribution in [3.05, 3.63) is 77.0 Å². The average Bonchev–Trinajstić information content (AvgIpc) is 3.20. The summed E-state index contributed by atoms with van der Waals surface area (Å²) in [4.78, 5) is 13.6. The van der Waals surface area contributed by atoms with E-state index < -0.39 is 0 Å². The fraction of sp³-hybridized carbons (Fsp3) is 0.444. The molecule has 32 heavy (non-hydrogen) atoms. The lowest BCUT2D eigenvalue weighted by atomic mass is 9.83. The number of benzene rings is 2. The molecule has 5 heteroatoms. The Labute approximate surface area is 191 Å². The van der Waals surface area contributed by atoms with Gasteiger partial charge in [0.15, 0.2) is 0 Å². The largest absolute Gasteiger partial charge is 0.403 e. The maximum atomic E-state index is 12.0. The number of nitrogens with zero attached hydrogens (tertiary/aromatic N) is 1. The monoisotopic (exact) mass is 433 g/mol. The summed E-state index contributed by atoms with van der Waals surface area (Å²) in [5.74, 6) is 0.799. The predicted octanol–water partition coefficient (Wildman–Crippen LogP) is 4.85. The van der Waals surface area contributed by atoms with E-state index in [1.807, 2.05) is 24.3 Å². The molecule has 2 aromatic carbocycles. The maximum absolute atomic E-state index is 12.0. The van der Waals surface area contributed by atoms with Crippen LogP contribution in [0.15, 0.2) is 54.7 Å². The van der Waals surface area contributed by atoms with Crippen LogP contribution >= 0.6 is 0 Å². The zero-order valence-electron chi connectivity index (χ0n) is 19.2. The molecule has 4 rings (SSSR count). The molecule has 1 heterocycles. The molecule has 2 aromatic rings. The van der Waals surface area contributed by atoms with E-state index in [4.69, 9.17) is 10.5 Å². The summed E-state index contributed by atoms with van der Waals surface area (Å²) in [7, 11) is 3.54. The summed E-state index contributed by atoms with van der Waals surface area (Å²) in [6.45, 7) is 0.614. The number of ether oxygens (including phenoxy) is 1. The van der Waals surface area contributed by atoms with E-state index in [1.165, 1.54) is 30.4 Å². The van der Waals surface area contributed by atoms with Crippen molar-refractivity contribution in [1.82, 2.24) is 10.2 Å². The van der Waals surface area contributed by atoms with Crippen molar-refractivity contribution in [2.75, 3.05) is 14.1 Å². The second-order valence-electron chi connectivity index (χ2n) is 9.29. The minimum atomic E-state index is 0.0300. The summed E-state index contributed by atoms with van der Waals surface area (Å²) in [6.07, 6.45) is 9.13. The van der Waals surface area contributed by atoms with E-state index >= 15 is 0 Å². The molecule has 1 atom stereocenters.